The van der Waals surface area contributed by atoms with Crippen LogP contribution in [-0.4, -0.2) is 23.0 Å². The van der Waals surface area contributed by atoms with Crippen LogP contribution in [0.3, 0.4) is 0 Å². The highest BCUT2D eigenvalue weighted by Gasteiger charge is 2.14. The third kappa shape index (κ3) is 4.19. The van der Waals surface area contributed by atoms with Crippen molar-refractivity contribution in [2.45, 2.75) is 39.7 Å². The fourth-order valence-electron chi connectivity index (χ4n) is 1.57. The highest BCUT2D eigenvalue weighted by molar-refractivity contribution is 7.12. The summed E-state index contributed by atoms with van der Waals surface area (Å²) in [5.41, 5.74) is 0.690. The van der Waals surface area contributed by atoms with E-state index in [9.17, 15) is 9.59 Å². The number of hydrogen-bond donors (Lipinski definition) is 2. The molecule has 0 aromatic carbocycles. The zero-order valence-electron chi connectivity index (χ0n) is 10.2. The molecule has 94 valence electrons. The van der Waals surface area contributed by atoms with Gasteiger partial charge < -0.3 is 10.4 Å². The number of hydrogen-bond acceptors (Lipinski definition) is 3. The van der Waals surface area contributed by atoms with Crippen molar-refractivity contribution in [1.82, 2.24) is 5.32 Å². The highest BCUT2D eigenvalue weighted by Crippen LogP contribution is 2.20. The third-order valence-corrected chi connectivity index (χ3v) is 3.42. The minimum Gasteiger partial charge on any atom is -0.481 e. The monoisotopic (exact) mass is 255 g/mol. The number of carboxylic acids is 1. The molecule has 5 heteroatoms. The van der Waals surface area contributed by atoms with E-state index in [0.717, 1.165) is 9.75 Å². The molecule has 17 heavy (non-hydrogen) atoms. The Morgan fingerprint density at radius 2 is 2.12 bits per heavy atom. The molecule has 1 aromatic rings. The summed E-state index contributed by atoms with van der Waals surface area (Å²) < 4.78 is 0. The van der Waals surface area contributed by atoms with E-state index in [1.54, 1.807) is 11.3 Å². The van der Waals surface area contributed by atoms with E-state index in [1.165, 1.54) is 0 Å². The van der Waals surface area contributed by atoms with Gasteiger partial charge in [0, 0.05) is 22.2 Å². The molecule has 1 heterocycles. The number of carbonyl (C=O) groups is 2. The summed E-state index contributed by atoms with van der Waals surface area (Å²) in [4.78, 5) is 24.4. The number of rotatable bonds is 5. The summed E-state index contributed by atoms with van der Waals surface area (Å²) in [6.45, 7) is 5.69. The van der Waals surface area contributed by atoms with Gasteiger partial charge in [-0.2, -0.15) is 0 Å². The molecule has 1 amide bonds. The molecule has 0 aliphatic rings. The molecule has 4 nitrogen and oxygen atoms in total. The zero-order valence-corrected chi connectivity index (χ0v) is 11.1. The van der Waals surface area contributed by atoms with Gasteiger partial charge in [-0.15, -0.1) is 11.3 Å². The van der Waals surface area contributed by atoms with E-state index in [0.29, 0.717) is 12.0 Å². The average molecular weight is 255 g/mol. The lowest BCUT2D eigenvalue weighted by Gasteiger charge is -2.12. The summed E-state index contributed by atoms with van der Waals surface area (Å²) in [6, 6.07) is 1.73. The first-order valence-electron chi connectivity index (χ1n) is 5.50. The predicted molar refractivity (Wildman–Crippen MR) is 67.6 cm³/mol. The van der Waals surface area contributed by atoms with Gasteiger partial charge >= 0.3 is 5.97 Å². The Hall–Kier alpha value is -1.36. The summed E-state index contributed by atoms with van der Waals surface area (Å²) in [6.07, 6.45) is 0.520. The smallest absolute Gasteiger partial charge is 0.303 e. The number of carbonyl (C=O) groups excluding carboxylic acids is 1. The van der Waals surface area contributed by atoms with Crippen molar-refractivity contribution in [2.75, 3.05) is 0 Å². The molecule has 0 saturated carbocycles. The second-order valence-corrected chi connectivity index (χ2v) is 5.59. The topological polar surface area (TPSA) is 66.4 Å². The number of nitrogens with one attached hydrogen (secondary N) is 1. The zero-order chi connectivity index (χ0) is 13.0. The quantitative estimate of drug-likeness (QED) is 0.848. The van der Waals surface area contributed by atoms with Crippen LogP contribution in [0.1, 0.15) is 39.9 Å². The normalized spacial score (nSPS) is 12.2. The summed E-state index contributed by atoms with van der Waals surface area (Å²) in [7, 11) is 0. The van der Waals surface area contributed by atoms with Gasteiger partial charge in [0.2, 0.25) is 0 Å². The molecular weight excluding hydrogens is 238 g/mol. The highest BCUT2D eigenvalue weighted by atomic mass is 32.1. The van der Waals surface area contributed by atoms with E-state index in [4.69, 9.17) is 5.11 Å². The molecule has 0 bridgehead atoms. The van der Waals surface area contributed by atoms with Gasteiger partial charge in [0.05, 0.1) is 5.56 Å². The maximum Gasteiger partial charge on any atom is 0.303 e. The Morgan fingerprint density at radius 3 is 2.59 bits per heavy atom. The van der Waals surface area contributed by atoms with Crippen molar-refractivity contribution >= 4 is 23.2 Å². The standard InChI is InChI=1S/C12H17NO3S/c1-7(4-5-11(14)15)13-12(16)10-6-8(2)17-9(10)3/h6-7H,4-5H2,1-3H3,(H,13,16)(H,14,15). The number of aliphatic carboxylic acids is 1. The van der Waals surface area contributed by atoms with Crippen molar-refractivity contribution < 1.29 is 14.7 Å². The molecule has 0 radical (unpaired) electrons. The molecule has 1 atom stereocenters. The Labute approximate surface area is 105 Å². The van der Waals surface area contributed by atoms with E-state index >= 15 is 0 Å². The molecule has 1 rings (SSSR count). The van der Waals surface area contributed by atoms with Crippen LogP contribution in [0.2, 0.25) is 0 Å². The molecule has 0 saturated heterocycles. The lowest BCUT2D eigenvalue weighted by molar-refractivity contribution is -0.137. The van der Waals surface area contributed by atoms with Crippen molar-refractivity contribution in [1.29, 1.82) is 0 Å². The Bertz CT molecular complexity index is 425. The van der Waals surface area contributed by atoms with Crippen molar-refractivity contribution in [3.63, 3.8) is 0 Å². The van der Waals surface area contributed by atoms with Gasteiger partial charge in [-0.25, -0.2) is 0 Å². The predicted octanol–water partition coefficient (Wildman–Crippen LogP) is 2.35. The van der Waals surface area contributed by atoms with Crippen LogP contribution < -0.4 is 5.32 Å². The Kier molecular flexibility index (Phi) is 4.69. The van der Waals surface area contributed by atoms with Crippen LogP contribution in [-0.2, 0) is 4.79 Å². The van der Waals surface area contributed by atoms with Crippen LogP contribution in [0.25, 0.3) is 0 Å². The van der Waals surface area contributed by atoms with E-state index in [2.05, 4.69) is 5.32 Å². The number of aryl methyl sites for hydroxylation is 2. The van der Waals surface area contributed by atoms with Gasteiger partial charge in [0.25, 0.3) is 5.91 Å². The molecular formula is C12H17NO3S. The van der Waals surface area contributed by atoms with Gasteiger partial charge in [-0.1, -0.05) is 0 Å². The van der Waals surface area contributed by atoms with Crippen LogP contribution in [0.4, 0.5) is 0 Å². The lowest BCUT2D eigenvalue weighted by atomic mass is 10.1. The van der Waals surface area contributed by atoms with Gasteiger partial charge in [0.1, 0.15) is 0 Å². The molecule has 1 unspecified atom stereocenters. The van der Waals surface area contributed by atoms with Crippen molar-refractivity contribution in [3.8, 4) is 0 Å². The molecule has 2 N–H and O–H groups in total. The van der Waals surface area contributed by atoms with Crippen LogP contribution in [0.5, 0.6) is 0 Å². The van der Waals surface area contributed by atoms with E-state index in [1.807, 2.05) is 26.8 Å². The minimum atomic E-state index is -0.839. The minimum absolute atomic E-state index is 0.0725. The van der Waals surface area contributed by atoms with E-state index < -0.39 is 5.97 Å². The maximum atomic E-state index is 11.9. The van der Waals surface area contributed by atoms with Crippen LogP contribution >= 0.6 is 11.3 Å². The lowest BCUT2D eigenvalue weighted by Crippen LogP contribution is -2.33. The Balaban J connectivity index is 2.54. The summed E-state index contributed by atoms with van der Waals surface area (Å²) >= 11 is 1.59. The maximum absolute atomic E-state index is 11.9. The molecule has 0 spiro atoms. The third-order valence-electron chi connectivity index (χ3n) is 2.45. The first kappa shape index (κ1) is 13.7. The molecule has 0 aliphatic heterocycles. The number of amides is 1. The average Bonchev–Trinajstić information content (AvgIpc) is 2.55. The van der Waals surface area contributed by atoms with E-state index in [-0.39, 0.29) is 18.4 Å². The fraction of sp³-hybridized carbons (Fsp3) is 0.500. The van der Waals surface area contributed by atoms with Crippen molar-refractivity contribution in [3.05, 3.63) is 21.4 Å². The van der Waals surface area contributed by atoms with Crippen LogP contribution in [0, 0.1) is 13.8 Å². The summed E-state index contributed by atoms with van der Waals surface area (Å²) in [5, 5.41) is 11.4. The number of thiophene rings is 1. The SMILES string of the molecule is Cc1cc(C(=O)NC(C)CCC(=O)O)c(C)s1. The first-order chi connectivity index (χ1) is 7.90. The Morgan fingerprint density at radius 1 is 1.47 bits per heavy atom. The largest absolute Gasteiger partial charge is 0.481 e. The molecule has 0 fully saturated rings. The number of carboxylic acid groups (broad SMARTS) is 1. The van der Waals surface area contributed by atoms with Gasteiger partial charge in [-0.05, 0) is 33.3 Å². The van der Waals surface area contributed by atoms with Gasteiger partial charge in [-0.3, -0.25) is 9.59 Å². The second kappa shape index (κ2) is 5.82. The van der Waals surface area contributed by atoms with Crippen molar-refractivity contribution in [2.24, 2.45) is 0 Å². The first-order valence-corrected chi connectivity index (χ1v) is 6.31. The second-order valence-electron chi connectivity index (χ2n) is 4.13. The molecule has 1 aromatic heterocycles. The fourth-order valence-corrected chi connectivity index (χ4v) is 2.49. The summed E-state index contributed by atoms with van der Waals surface area (Å²) in [5.74, 6) is -0.960. The van der Waals surface area contributed by atoms with Gasteiger partial charge in [0.15, 0.2) is 0 Å². The van der Waals surface area contributed by atoms with Crippen LogP contribution in [0.15, 0.2) is 6.07 Å². The molecule has 0 aliphatic carbocycles.